The van der Waals surface area contributed by atoms with Crippen LogP contribution in [0.4, 0.5) is 4.79 Å². The molecule has 2 rings (SSSR count). The fourth-order valence-electron chi connectivity index (χ4n) is 2.81. The van der Waals surface area contributed by atoms with Gasteiger partial charge in [-0.2, -0.15) is 0 Å². The van der Waals surface area contributed by atoms with Crippen molar-refractivity contribution in [3.63, 3.8) is 0 Å². The summed E-state index contributed by atoms with van der Waals surface area (Å²) in [6.07, 6.45) is 3.39. The second-order valence-corrected chi connectivity index (χ2v) is 5.89. The van der Waals surface area contributed by atoms with Gasteiger partial charge in [0.25, 0.3) is 0 Å². The zero-order valence-corrected chi connectivity index (χ0v) is 12.2. The molecule has 0 aromatic rings. The van der Waals surface area contributed by atoms with Crippen molar-refractivity contribution in [2.24, 2.45) is 0 Å². The summed E-state index contributed by atoms with van der Waals surface area (Å²) in [6.45, 7) is 4.06. The lowest BCUT2D eigenvalue weighted by atomic mass is 10.2. The Labute approximate surface area is 119 Å². The average molecular weight is 284 g/mol. The molecule has 0 aromatic carbocycles. The van der Waals surface area contributed by atoms with E-state index in [1.807, 2.05) is 13.8 Å². The van der Waals surface area contributed by atoms with Gasteiger partial charge < -0.3 is 14.7 Å². The zero-order valence-electron chi connectivity index (χ0n) is 12.2. The first-order valence-electron chi connectivity index (χ1n) is 7.39. The number of ether oxygens (including phenoxy) is 1. The standard InChI is InChI=1S/C14H24N2O4/c1-10(2)20-9-12(17)7-16-13(18)8-15(14(16)19)11-5-3-4-6-11/h10-12,17H,3-9H2,1-2H3/t12-/m0/s1. The molecule has 1 saturated heterocycles. The number of carbonyl (C=O) groups is 2. The van der Waals surface area contributed by atoms with Crippen molar-refractivity contribution in [2.45, 2.75) is 57.8 Å². The lowest BCUT2D eigenvalue weighted by Crippen LogP contribution is -2.42. The number of carbonyl (C=O) groups excluding carboxylic acids is 2. The largest absolute Gasteiger partial charge is 0.389 e. The summed E-state index contributed by atoms with van der Waals surface area (Å²) in [6, 6.07) is -0.0639. The highest BCUT2D eigenvalue weighted by atomic mass is 16.5. The first kappa shape index (κ1) is 15.3. The highest BCUT2D eigenvalue weighted by molar-refractivity contribution is 6.02. The predicted octanol–water partition coefficient (Wildman–Crippen LogP) is 0.979. The van der Waals surface area contributed by atoms with Gasteiger partial charge in [0.15, 0.2) is 0 Å². The van der Waals surface area contributed by atoms with Gasteiger partial charge in [-0.05, 0) is 26.7 Å². The van der Waals surface area contributed by atoms with Crippen molar-refractivity contribution >= 4 is 11.9 Å². The van der Waals surface area contributed by atoms with Gasteiger partial charge in [0, 0.05) is 6.04 Å². The van der Waals surface area contributed by atoms with Crippen LogP contribution in [0.3, 0.4) is 0 Å². The van der Waals surface area contributed by atoms with Gasteiger partial charge in [0.1, 0.15) is 6.54 Å². The van der Waals surface area contributed by atoms with Crippen LogP contribution >= 0.6 is 0 Å². The SMILES string of the molecule is CC(C)OC[C@@H](O)CN1C(=O)CN(C2CCCC2)C1=O. The fraction of sp³-hybridized carbons (Fsp3) is 0.857. The van der Waals surface area contributed by atoms with Crippen molar-refractivity contribution in [1.29, 1.82) is 0 Å². The van der Waals surface area contributed by atoms with Crippen molar-refractivity contribution in [3.05, 3.63) is 0 Å². The van der Waals surface area contributed by atoms with E-state index in [0.29, 0.717) is 0 Å². The van der Waals surface area contributed by atoms with E-state index >= 15 is 0 Å². The molecule has 1 saturated carbocycles. The van der Waals surface area contributed by atoms with Crippen molar-refractivity contribution in [3.8, 4) is 0 Å². The molecule has 0 unspecified atom stereocenters. The summed E-state index contributed by atoms with van der Waals surface area (Å²) in [4.78, 5) is 27.0. The van der Waals surface area contributed by atoms with Gasteiger partial charge in [-0.25, -0.2) is 4.79 Å². The topological polar surface area (TPSA) is 70.1 Å². The van der Waals surface area contributed by atoms with Gasteiger partial charge in [-0.1, -0.05) is 12.8 Å². The van der Waals surface area contributed by atoms with Crippen molar-refractivity contribution in [1.82, 2.24) is 9.80 Å². The van der Waals surface area contributed by atoms with Crippen LogP contribution in [0.5, 0.6) is 0 Å². The molecule has 2 fully saturated rings. The number of rotatable bonds is 6. The molecule has 6 heteroatoms. The van der Waals surface area contributed by atoms with E-state index in [0.717, 1.165) is 30.6 Å². The molecule has 0 bridgehead atoms. The lowest BCUT2D eigenvalue weighted by molar-refractivity contribution is -0.126. The number of aliphatic hydroxyl groups excluding tert-OH is 1. The minimum absolute atomic E-state index is 0.0182. The number of β-amino-alcohol motifs (C(OH)–C–C–N with tert-alkyl or cyclic N) is 1. The van der Waals surface area contributed by atoms with E-state index < -0.39 is 6.10 Å². The minimum atomic E-state index is -0.825. The Hall–Kier alpha value is -1.14. The molecular formula is C14H24N2O4. The Bertz CT molecular complexity index is 366. The van der Waals surface area contributed by atoms with Crippen molar-refractivity contribution in [2.75, 3.05) is 19.7 Å². The molecule has 3 amide bonds. The summed E-state index contributed by atoms with van der Waals surface area (Å²) in [5.74, 6) is -0.217. The van der Waals surface area contributed by atoms with E-state index in [9.17, 15) is 14.7 Å². The quantitative estimate of drug-likeness (QED) is 0.738. The smallest absolute Gasteiger partial charge is 0.327 e. The van der Waals surface area contributed by atoms with Crippen molar-refractivity contribution < 1.29 is 19.4 Å². The molecule has 20 heavy (non-hydrogen) atoms. The van der Waals surface area contributed by atoms with Gasteiger partial charge in [0.2, 0.25) is 5.91 Å². The number of imide groups is 1. The number of aliphatic hydroxyl groups is 1. The molecule has 0 spiro atoms. The molecule has 6 nitrogen and oxygen atoms in total. The molecule has 1 aliphatic carbocycles. The van der Waals surface area contributed by atoms with Crippen LogP contribution in [0, 0.1) is 0 Å². The van der Waals surface area contributed by atoms with E-state index in [-0.39, 0.29) is 43.8 Å². The van der Waals surface area contributed by atoms with E-state index in [4.69, 9.17) is 4.74 Å². The predicted molar refractivity (Wildman–Crippen MR) is 73.2 cm³/mol. The normalized spacial score (nSPS) is 22.4. The summed E-state index contributed by atoms with van der Waals surface area (Å²) in [5.41, 5.74) is 0. The molecular weight excluding hydrogens is 260 g/mol. The van der Waals surface area contributed by atoms with Crippen LogP contribution in [0.25, 0.3) is 0 Å². The summed E-state index contributed by atoms with van der Waals surface area (Å²) in [5, 5.41) is 9.86. The Morgan fingerprint density at radius 1 is 1.30 bits per heavy atom. The number of hydrogen-bond acceptors (Lipinski definition) is 4. The average Bonchev–Trinajstić information content (AvgIpc) is 2.99. The number of urea groups is 1. The number of hydrogen-bond donors (Lipinski definition) is 1. The summed E-state index contributed by atoms with van der Waals surface area (Å²) in [7, 11) is 0. The van der Waals surface area contributed by atoms with Crippen LogP contribution in [0.1, 0.15) is 39.5 Å². The summed E-state index contributed by atoms with van der Waals surface area (Å²) >= 11 is 0. The second kappa shape index (κ2) is 6.54. The zero-order chi connectivity index (χ0) is 14.7. The van der Waals surface area contributed by atoms with Gasteiger partial charge >= 0.3 is 6.03 Å². The monoisotopic (exact) mass is 284 g/mol. The molecule has 2 aliphatic rings. The van der Waals surface area contributed by atoms with Gasteiger partial charge in [-0.3, -0.25) is 9.69 Å². The molecule has 1 aliphatic heterocycles. The fourth-order valence-corrected chi connectivity index (χ4v) is 2.81. The van der Waals surface area contributed by atoms with Gasteiger partial charge in [-0.15, -0.1) is 0 Å². The maximum absolute atomic E-state index is 12.3. The first-order chi connectivity index (χ1) is 9.49. The Balaban J connectivity index is 1.88. The molecule has 0 aromatic heterocycles. The highest BCUT2D eigenvalue weighted by Crippen LogP contribution is 2.27. The van der Waals surface area contributed by atoms with Crippen LogP contribution < -0.4 is 0 Å². The third-order valence-electron chi connectivity index (χ3n) is 3.86. The third kappa shape index (κ3) is 3.49. The lowest BCUT2D eigenvalue weighted by Gasteiger charge is -2.24. The highest BCUT2D eigenvalue weighted by Gasteiger charge is 2.41. The maximum Gasteiger partial charge on any atom is 0.327 e. The van der Waals surface area contributed by atoms with Gasteiger partial charge in [0.05, 0.1) is 25.4 Å². The Morgan fingerprint density at radius 3 is 2.55 bits per heavy atom. The molecule has 1 heterocycles. The third-order valence-corrected chi connectivity index (χ3v) is 3.86. The second-order valence-electron chi connectivity index (χ2n) is 5.89. The van der Waals surface area contributed by atoms with Crippen LogP contribution in [-0.2, 0) is 9.53 Å². The van der Waals surface area contributed by atoms with Crippen LogP contribution in [0.2, 0.25) is 0 Å². The molecule has 1 N–H and O–H groups in total. The molecule has 1 atom stereocenters. The van der Waals surface area contributed by atoms with Crippen LogP contribution in [-0.4, -0.2) is 64.8 Å². The van der Waals surface area contributed by atoms with E-state index in [1.165, 1.54) is 0 Å². The van der Waals surface area contributed by atoms with E-state index in [2.05, 4.69) is 0 Å². The summed E-state index contributed by atoms with van der Waals surface area (Å²) < 4.78 is 5.30. The number of nitrogens with zero attached hydrogens (tertiary/aromatic N) is 2. The number of amides is 3. The maximum atomic E-state index is 12.3. The minimum Gasteiger partial charge on any atom is -0.389 e. The first-order valence-corrected chi connectivity index (χ1v) is 7.39. The van der Waals surface area contributed by atoms with Crippen LogP contribution in [0.15, 0.2) is 0 Å². The Morgan fingerprint density at radius 2 is 1.95 bits per heavy atom. The molecule has 0 radical (unpaired) electrons. The molecule has 114 valence electrons. The Kier molecular flexibility index (Phi) is 4.99. The van der Waals surface area contributed by atoms with E-state index in [1.54, 1.807) is 4.90 Å².